The van der Waals surface area contributed by atoms with E-state index >= 15 is 0 Å². The first kappa shape index (κ1) is 11.2. The van der Waals surface area contributed by atoms with Crippen molar-refractivity contribution in [3.05, 3.63) is 33.5 Å². The Morgan fingerprint density at radius 3 is 2.79 bits per heavy atom. The number of halogens is 2. The van der Waals surface area contributed by atoms with Gasteiger partial charge in [0.15, 0.2) is 0 Å². The first-order valence-electron chi connectivity index (χ1n) is 4.06. The first-order valence-corrected chi connectivity index (χ1v) is 4.85. The van der Waals surface area contributed by atoms with Crippen LogP contribution in [0.15, 0.2) is 16.6 Å². The highest BCUT2D eigenvalue weighted by molar-refractivity contribution is 9.10. The molecule has 14 heavy (non-hydrogen) atoms. The van der Waals surface area contributed by atoms with E-state index in [1.807, 2.05) is 6.92 Å². The lowest BCUT2D eigenvalue weighted by molar-refractivity contribution is -0.139. The van der Waals surface area contributed by atoms with Crippen LogP contribution in [0.2, 0.25) is 0 Å². The van der Waals surface area contributed by atoms with Crippen molar-refractivity contribution in [2.45, 2.75) is 13.3 Å². The summed E-state index contributed by atoms with van der Waals surface area (Å²) in [5.41, 5.74) is 1.52. The average Bonchev–Trinajstić information content (AvgIpc) is 2.14. The number of methoxy groups -OCH3 is 1. The number of rotatable bonds is 2. The molecule has 0 heterocycles. The van der Waals surface area contributed by atoms with E-state index in [4.69, 9.17) is 0 Å². The van der Waals surface area contributed by atoms with Crippen molar-refractivity contribution in [1.82, 2.24) is 0 Å². The zero-order chi connectivity index (χ0) is 10.7. The molecule has 0 amide bonds. The summed E-state index contributed by atoms with van der Waals surface area (Å²) in [5, 5.41) is 0. The second-order valence-corrected chi connectivity index (χ2v) is 3.80. The van der Waals surface area contributed by atoms with E-state index in [9.17, 15) is 9.18 Å². The number of hydrogen-bond acceptors (Lipinski definition) is 2. The van der Waals surface area contributed by atoms with Gasteiger partial charge in [-0.3, -0.25) is 4.79 Å². The normalized spacial score (nSPS) is 10.0. The van der Waals surface area contributed by atoms with Crippen molar-refractivity contribution in [2.24, 2.45) is 0 Å². The number of carbonyl (C=O) groups excluding carboxylic acids is 1. The molecule has 0 radical (unpaired) electrons. The quantitative estimate of drug-likeness (QED) is 0.765. The fraction of sp³-hybridized carbons (Fsp3) is 0.300. The molecule has 0 fully saturated rings. The molecular weight excluding hydrogens is 251 g/mol. The van der Waals surface area contributed by atoms with Gasteiger partial charge in [-0.1, -0.05) is 0 Å². The Bertz CT molecular complexity index is 363. The molecule has 1 rings (SSSR count). The number of carbonyl (C=O) groups is 1. The molecule has 1 aromatic rings. The van der Waals surface area contributed by atoms with Crippen LogP contribution >= 0.6 is 15.9 Å². The summed E-state index contributed by atoms with van der Waals surface area (Å²) in [6, 6.07) is 2.99. The van der Waals surface area contributed by atoms with Crippen LogP contribution in [0.25, 0.3) is 0 Å². The molecular formula is C10H10BrFO2. The molecule has 2 nitrogen and oxygen atoms in total. The number of benzene rings is 1. The highest BCUT2D eigenvalue weighted by atomic mass is 79.9. The second kappa shape index (κ2) is 4.55. The average molecular weight is 261 g/mol. The van der Waals surface area contributed by atoms with Crippen LogP contribution in [0.3, 0.4) is 0 Å². The van der Waals surface area contributed by atoms with E-state index in [0.717, 1.165) is 5.56 Å². The summed E-state index contributed by atoms with van der Waals surface area (Å²) < 4.78 is 18.0. The zero-order valence-corrected chi connectivity index (χ0v) is 9.52. The maximum Gasteiger partial charge on any atom is 0.309 e. The predicted octanol–water partition coefficient (Wildman–Crippen LogP) is 2.61. The second-order valence-electron chi connectivity index (χ2n) is 2.95. The lowest BCUT2D eigenvalue weighted by Gasteiger charge is -2.05. The van der Waals surface area contributed by atoms with Crippen LogP contribution in [0.5, 0.6) is 0 Å². The Morgan fingerprint density at radius 2 is 2.21 bits per heavy atom. The van der Waals surface area contributed by atoms with Gasteiger partial charge in [-0.2, -0.15) is 0 Å². The third-order valence-corrected chi connectivity index (χ3v) is 2.55. The van der Waals surface area contributed by atoms with E-state index < -0.39 is 0 Å². The molecule has 0 unspecified atom stereocenters. The fourth-order valence-corrected chi connectivity index (χ4v) is 1.56. The lowest BCUT2D eigenvalue weighted by atomic mass is 10.1. The Kier molecular flexibility index (Phi) is 3.63. The molecule has 0 saturated carbocycles. The van der Waals surface area contributed by atoms with Crippen LogP contribution in [0.4, 0.5) is 4.39 Å². The number of hydrogen-bond donors (Lipinski definition) is 0. The van der Waals surface area contributed by atoms with Crippen molar-refractivity contribution >= 4 is 21.9 Å². The minimum Gasteiger partial charge on any atom is -0.469 e. The minimum atomic E-state index is -0.366. The van der Waals surface area contributed by atoms with Gasteiger partial charge in [0.1, 0.15) is 5.82 Å². The van der Waals surface area contributed by atoms with E-state index in [1.165, 1.54) is 13.2 Å². The van der Waals surface area contributed by atoms with Gasteiger partial charge >= 0.3 is 5.97 Å². The third kappa shape index (κ3) is 2.54. The van der Waals surface area contributed by atoms with Crippen molar-refractivity contribution in [3.8, 4) is 0 Å². The van der Waals surface area contributed by atoms with Gasteiger partial charge in [0.2, 0.25) is 0 Å². The maximum absolute atomic E-state index is 13.1. The van der Waals surface area contributed by atoms with Crippen LogP contribution < -0.4 is 0 Å². The van der Waals surface area contributed by atoms with Gasteiger partial charge in [0.25, 0.3) is 0 Å². The molecule has 0 aliphatic carbocycles. The monoisotopic (exact) mass is 260 g/mol. The molecule has 0 saturated heterocycles. The van der Waals surface area contributed by atoms with Crippen molar-refractivity contribution in [2.75, 3.05) is 7.11 Å². The van der Waals surface area contributed by atoms with Crippen molar-refractivity contribution in [3.63, 3.8) is 0 Å². The topological polar surface area (TPSA) is 26.3 Å². The van der Waals surface area contributed by atoms with Gasteiger partial charge in [-0.25, -0.2) is 4.39 Å². The Morgan fingerprint density at radius 1 is 1.57 bits per heavy atom. The molecule has 0 bridgehead atoms. The largest absolute Gasteiger partial charge is 0.469 e. The Hall–Kier alpha value is -0.900. The molecule has 0 aromatic heterocycles. The number of aryl methyl sites for hydroxylation is 1. The van der Waals surface area contributed by atoms with Crippen LogP contribution in [0.1, 0.15) is 11.1 Å². The molecule has 0 aliphatic rings. The van der Waals surface area contributed by atoms with Gasteiger partial charge in [0.05, 0.1) is 18.0 Å². The van der Waals surface area contributed by atoms with Crippen LogP contribution in [0, 0.1) is 12.7 Å². The fourth-order valence-electron chi connectivity index (χ4n) is 1.11. The number of ether oxygens (including phenoxy) is 1. The third-order valence-electron chi connectivity index (χ3n) is 1.94. The van der Waals surface area contributed by atoms with Gasteiger partial charge in [-0.15, -0.1) is 0 Å². The summed E-state index contributed by atoms with van der Waals surface area (Å²) in [6.45, 7) is 1.82. The molecule has 76 valence electrons. The SMILES string of the molecule is COC(=O)Cc1cc(F)c(Br)cc1C. The molecule has 0 atom stereocenters. The summed E-state index contributed by atoms with van der Waals surface area (Å²) in [4.78, 5) is 11.0. The van der Waals surface area contributed by atoms with E-state index in [2.05, 4.69) is 20.7 Å². The van der Waals surface area contributed by atoms with Crippen molar-refractivity contribution < 1.29 is 13.9 Å². The Labute approximate surface area is 90.2 Å². The first-order chi connectivity index (χ1) is 6.54. The van der Waals surface area contributed by atoms with Gasteiger partial charge in [-0.05, 0) is 46.1 Å². The smallest absolute Gasteiger partial charge is 0.309 e. The van der Waals surface area contributed by atoms with Crippen LogP contribution in [-0.4, -0.2) is 13.1 Å². The standard InChI is InChI=1S/C10H10BrFO2/c1-6-3-8(11)9(12)4-7(6)5-10(13)14-2/h3-4H,5H2,1-2H3. The lowest BCUT2D eigenvalue weighted by Crippen LogP contribution is -2.06. The van der Waals surface area contributed by atoms with E-state index in [0.29, 0.717) is 10.0 Å². The minimum absolute atomic E-state index is 0.104. The molecule has 0 spiro atoms. The van der Waals surface area contributed by atoms with Gasteiger partial charge < -0.3 is 4.74 Å². The Balaban J connectivity index is 2.98. The summed E-state index contributed by atoms with van der Waals surface area (Å²) in [6.07, 6.45) is 0.104. The predicted molar refractivity (Wildman–Crippen MR) is 54.6 cm³/mol. The highest BCUT2D eigenvalue weighted by Gasteiger charge is 2.09. The molecule has 0 N–H and O–H groups in total. The van der Waals surface area contributed by atoms with E-state index in [1.54, 1.807) is 6.07 Å². The summed E-state index contributed by atoms with van der Waals surface area (Å²) in [7, 11) is 1.31. The molecule has 1 aromatic carbocycles. The summed E-state index contributed by atoms with van der Waals surface area (Å²) in [5.74, 6) is -0.732. The molecule has 0 aliphatic heterocycles. The van der Waals surface area contributed by atoms with E-state index in [-0.39, 0.29) is 18.2 Å². The van der Waals surface area contributed by atoms with Crippen LogP contribution in [-0.2, 0) is 16.0 Å². The van der Waals surface area contributed by atoms with Gasteiger partial charge in [0, 0.05) is 0 Å². The van der Waals surface area contributed by atoms with Crippen molar-refractivity contribution in [1.29, 1.82) is 0 Å². The maximum atomic E-state index is 13.1. The summed E-state index contributed by atoms with van der Waals surface area (Å²) >= 11 is 3.07. The zero-order valence-electron chi connectivity index (χ0n) is 7.93. The number of esters is 1. The molecule has 4 heteroatoms. The highest BCUT2D eigenvalue weighted by Crippen LogP contribution is 2.20.